The molecule has 0 aromatic heterocycles. The zero-order valence-electron chi connectivity index (χ0n) is 12.4. The molecule has 2 radical (unpaired) electrons. The molecule has 0 aromatic carbocycles. The predicted octanol–water partition coefficient (Wildman–Crippen LogP) is 6.29. The first-order chi connectivity index (χ1) is 8.85. The fourth-order valence-electron chi connectivity index (χ4n) is 2.38. The van der Waals surface area contributed by atoms with Gasteiger partial charge >= 0.3 is 0 Å². The Balaban J connectivity index is 3.38. The van der Waals surface area contributed by atoms with Gasteiger partial charge in [-0.2, -0.15) is 0 Å². The third-order valence-electron chi connectivity index (χ3n) is 3.68. The standard InChI is InChI=1S/C18H32/c1-4-7-9-11-12-13-15-17-18(6-3)16-14-10-8-5-2/h2,5,8,10,18H,1,4,6-7,9,11-17H2,3H3. The van der Waals surface area contributed by atoms with Gasteiger partial charge in [-0.15, -0.1) is 0 Å². The molecule has 1 atom stereocenters. The number of rotatable bonds is 13. The first-order valence-electron chi connectivity index (χ1n) is 7.84. The molecule has 0 nitrogen and oxygen atoms in total. The van der Waals surface area contributed by atoms with Gasteiger partial charge < -0.3 is 0 Å². The lowest BCUT2D eigenvalue weighted by molar-refractivity contribution is 0.414. The maximum Gasteiger partial charge on any atom is -0.0345 e. The molecule has 0 heteroatoms. The average molecular weight is 248 g/mol. The Kier molecular flexibility index (Phi) is 14.1. The number of allylic oxidation sites excluding steroid dienone is 3. The molecule has 0 aromatic rings. The molecule has 0 aliphatic carbocycles. The largest absolute Gasteiger partial charge is 0.0845 e. The molecule has 0 spiro atoms. The van der Waals surface area contributed by atoms with Crippen LogP contribution in [0, 0.1) is 19.4 Å². The summed E-state index contributed by atoms with van der Waals surface area (Å²) in [4.78, 5) is 0. The summed E-state index contributed by atoms with van der Waals surface area (Å²) in [5.41, 5.74) is 0. The molecule has 0 saturated carbocycles. The van der Waals surface area contributed by atoms with Crippen molar-refractivity contribution in [2.24, 2.45) is 5.92 Å². The molecule has 18 heavy (non-hydrogen) atoms. The van der Waals surface area contributed by atoms with Crippen molar-refractivity contribution in [3.05, 3.63) is 31.7 Å². The van der Waals surface area contributed by atoms with Crippen LogP contribution in [-0.4, -0.2) is 0 Å². The Morgan fingerprint density at radius 3 is 2.28 bits per heavy atom. The first-order valence-corrected chi connectivity index (χ1v) is 7.84. The van der Waals surface area contributed by atoms with E-state index in [-0.39, 0.29) is 0 Å². The third kappa shape index (κ3) is 12.0. The average Bonchev–Trinajstić information content (AvgIpc) is 2.40. The van der Waals surface area contributed by atoms with Crippen molar-refractivity contribution in [3.8, 4) is 0 Å². The van der Waals surface area contributed by atoms with Crippen molar-refractivity contribution < 1.29 is 0 Å². The number of hydrogen-bond acceptors (Lipinski definition) is 0. The molecule has 104 valence electrons. The summed E-state index contributed by atoms with van der Waals surface area (Å²) in [6, 6.07) is 0. The summed E-state index contributed by atoms with van der Waals surface area (Å²) in [6.07, 6.45) is 20.4. The normalized spacial score (nSPS) is 13.0. The Hall–Kier alpha value is -0.520. The van der Waals surface area contributed by atoms with Gasteiger partial charge in [0.25, 0.3) is 0 Å². The molecule has 0 bridgehead atoms. The fourth-order valence-corrected chi connectivity index (χ4v) is 2.38. The summed E-state index contributed by atoms with van der Waals surface area (Å²) >= 11 is 0. The lowest BCUT2D eigenvalue weighted by atomic mass is 9.93. The van der Waals surface area contributed by atoms with Gasteiger partial charge in [-0.05, 0) is 18.8 Å². The van der Waals surface area contributed by atoms with Crippen LogP contribution in [-0.2, 0) is 0 Å². The van der Waals surface area contributed by atoms with E-state index < -0.39 is 0 Å². The summed E-state index contributed by atoms with van der Waals surface area (Å²) in [5.74, 6) is 0.910. The van der Waals surface area contributed by atoms with Gasteiger partial charge in [0.15, 0.2) is 0 Å². The van der Waals surface area contributed by atoms with Gasteiger partial charge in [0.05, 0.1) is 0 Å². The summed E-state index contributed by atoms with van der Waals surface area (Å²) in [7, 11) is 0. The molecule has 0 rings (SSSR count). The van der Waals surface area contributed by atoms with Crippen LogP contribution < -0.4 is 0 Å². The monoisotopic (exact) mass is 248 g/mol. The highest BCUT2D eigenvalue weighted by Gasteiger charge is 2.04. The van der Waals surface area contributed by atoms with Crippen molar-refractivity contribution in [1.82, 2.24) is 0 Å². The second-order valence-electron chi connectivity index (χ2n) is 5.24. The van der Waals surface area contributed by atoms with Crippen LogP contribution in [0.2, 0.25) is 0 Å². The van der Waals surface area contributed by atoms with Crippen molar-refractivity contribution in [2.45, 2.75) is 77.6 Å². The van der Waals surface area contributed by atoms with E-state index in [1.54, 1.807) is 6.08 Å². The summed E-state index contributed by atoms with van der Waals surface area (Å²) in [5, 5.41) is 0. The third-order valence-corrected chi connectivity index (χ3v) is 3.68. The van der Waals surface area contributed by atoms with Gasteiger partial charge in [0, 0.05) is 0 Å². The fraction of sp³-hybridized carbons (Fsp3) is 0.722. The zero-order chi connectivity index (χ0) is 13.5. The molecule has 0 aliphatic rings. The van der Waals surface area contributed by atoms with Crippen molar-refractivity contribution in [3.63, 3.8) is 0 Å². The summed E-state index contributed by atoms with van der Waals surface area (Å²) < 4.78 is 0. The molecule has 1 unspecified atom stereocenters. The van der Waals surface area contributed by atoms with Gasteiger partial charge in [0.1, 0.15) is 0 Å². The van der Waals surface area contributed by atoms with Crippen molar-refractivity contribution in [2.75, 3.05) is 0 Å². The van der Waals surface area contributed by atoms with E-state index >= 15 is 0 Å². The van der Waals surface area contributed by atoms with E-state index in [0.717, 1.165) is 12.3 Å². The van der Waals surface area contributed by atoms with Crippen molar-refractivity contribution >= 4 is 0 Å². The molecule has 0 amide bonds. The van der Waals surface area contributed by atoms with Crippen LogP contribution in [0.5, 0.6) is 0 Å². The highest BCUT2D eigenvalue weighted by molar-refractivity contribution is 4.95. The van der Waals surface area contributed by atoms with Gasteiger partial charge in [-0.3, -0.25) is 0 Å². The van der Waals surface area contributed by atoms with E-state index in [1.165, 1.54) is 64.2 Å². The van der Waals surface area contributed by atoms with E-state index in [0.29, 0.717) is 0 Å². The molecular formula is C18H32. The van der Waals surface area contributed by atoms with E-state index in [4.69, 9.17) is 6.58 Å². The van der Waals surface area contributed by atoms with Crippen LogP contribution >= 0.6 is 0 Å². The molecule has 0 fully saturated rings. The minimum absolute atomic E-state index is 0.910. The molecule has 0 heterocycles. The van der Waals surface area contributed by atoms with E-state index in [1.807, 2.05) is 6.08 Å². The van der Waals surface area contributed by atoms with Gasteiger partial charge in [-0.1, -0.05) is 96.4 Å². The summed E-state index contributed by atoms with van der Waals surface area (Å²) in [6.45, 7) is 11.5. The Labute approximate surface area is 116 Å². The molecule has 0 aliphatic heterocycles. The molecule has 0 N–H and O–H groups in total. The predicted molar refractivity (Wildman–Crippen MR) is 83.3 cm³/mol. The Morgan fingerprint density at radius 2 is 1.67 bits per heavy atom. The van der Waals surface area contributed by atoms with Crippen LogP contribution in [0.3, 0.4) is 0 Å². The van der Waals surface area contributed by atoms with Gasteiger partial charge in [-0.25, -0.2) is 0 Å². The number of hydrogen-bond donors (Lipinski definition) is 0. The maximum atomic E-state index is 5.31. The Morgan fingerprint density at radius 1 is 1.00 bits per heavy atom. The second-order valence-corrected chi connectivity index (χ2v) is 5.24. The quantitative estimate of drug-likeness (QED) is 0.265. The molecular weight excluding hydrogens is 216 g/mol. The topological polar surface area (TPSA) is 0 Å². The van der Waals surface area contributed by atoms with Crippen LogP contribution in [0.25, 0.3) is 0 Å². The SMILES string of the molecule is [CH]=CC=CCCC(CC)CCCCCCCC[CH2]. The van der Waals surface area contributed by atoms with Crippen LogP contribution in [0.4, 0.5) is 0 Å². The smallest absolute Gasteiger partial charge is 0.0345 e. The van der Waals surface area contributed by atoms with Gasteiger partial charge in [0.2, 0.25) is 0 Å². The van der Waals surface area contributed by atoms with Crippen molar-refractivity contribution in [1.29, 1.82) is 0 Å². The highest BCUT2D eigenvalue weighted by Crippen LogP contribution is 2.20. The Bertz CT molecular complexity index is 190. The minimum atomic E-state index is 0.910. The highest BCUT2D eigenvalue weighted by atomic mass is 14.1. The van der Waals surface area contributed by atoms with Crippen LogP contribution in [0.15, 0.2) is 18.2 Å². The van der Waals surface area contributed by atoms with E-state index in [2.05, 4.69) is 19.9 Å². The lowest BCUT2D eigenvalue weighted by Gasteiger charge is -2.13. The maximum absolute atomic E-state index is 5.31. The lowest BCUT2D eigenvalue weighted by Crippen LogP contribution is -1.98. The van der Waals surface area contributed by atoms with Crippen LogP contribution in [0.1, 0.15) is 77.6 Å². The van der Waals surface area contributed by atoms with E-state index in [9.17, 15) is 0 Å². The first kappa shape index (κ1) is 17.5. The number of unbranched alkanes of at least 4 members (excludes halogenated alkanes) is 6. The zero-order valence-corrected chi connectivity index (χ0v) is 12.4. The minimum Gasteiger partial charge on any atom is -0.0845 e. The molecule has 0 saturated heterocycles. The second kappa shape index (κ2) is 14.5.